The highest BCUT2D eigenvalue weighted by Gasteiger charge is 2.05. The number of anilines is 2. The minimum Gasteiger partial charge on any atom is -0.495 e. The van der Waals surface area contributed by atoms with Gasteiger partial charge in [-0.05, 0) is 42.5 Å². The second-order valence-electron chi connectivity index (χ2n) is 4.69. The topological polar surface area (TPSA) is 74.4 Å². The molecule has 0 saturated carbocycles. The summed E-state index contributed by atoms with van der Waals surface area (Å²) in [7, 11) is 1.58. The molecular weight excluding hydrogens is 392 g/mol. The molecule has 2 aromatic carbocycles. The van der Waals surface area contributed by atoms with Gasteiger partial charge >= 0.3 is 0 Å². The van der Waals surface area contributed by atoms with Gasteiger partial charge in [-0.3, -0.25) is 15.6 Å². The predicted octanol–water partition coefficient (Wildman–Crippen LogP) is 2.89. The van der Waals surface area contributed by atoms with Crippen LogP contribution in [0.5, 0.6) is 5.75 Å². The van der Waals surface area contributed by atoms with E-state index in [-0.39, 0.29) is 12.5 Å². The van der Waals surface area contributed by atoms with E-state index in [0.29, 0.717) is 10.9 Å². The highest BCUT2D eigenvalue weighted by atomic mass is 79.9. The van der Waals surface area contributed by atoms with E-state index in [4.69, 9.17) is 17.0 Å². The van der Waals surface area contributed by atoms with Gasteiger partial charge in [0.2, 0.25) is 0 Å². The SMILES string of the molecule is COc1ccccc1NCC(=O)NNC(=S)Nc1cccc(Br)c1. The maximum absolute atomic E-state index is 11.9. The van der Waals surface area contributed by atoms with Crippen molar-refractivity contribution in [3.05, 3.63) is 53.0 Å². The summed E-state index contributed by atoms with van der Waals surface area (Å²) in [6.45, 7) is 0.0763. The van der Waals surface area contributed by atoms with Crippen molar-refractivity contribution in [2.24, 2.45) is 0 Å². The molecule has 0 aliphatic carbocycles. The first-order valence-electron chi connectivity index (χ1n) is 7.07. The largest absolute Gasteiger partial charge is 0.495 e. The third-order valence-corrected chi connectivity index (χ3v) is 3.64. The summed E-state index contributed by atoms with van der Waals surface area (Å²) in [5, 5.41) is 6.25. The molecule has 0 aliphatic rings. The van der Waals surface area contributed by atoms with Crippen LogP contribution in [0.4, 0.5) is 11.4 Å². The summed E-state index contributed by atoms with van der Waals surface area (Å²) in [6, 6.07) is 14.9. The molecule has 126 valence electrons. The van der Waals surface area contributed by atoms with E-state index in [1.807, 2.05) is 48.5 Å². The summed E-state index contributed by atoms with van der Waals surface area (Å²) < 4.78 is 6.14. The van der Waals surface area contributed by atoms with Crippen LogP contribution >= 0.6 is 28.1 Å². The zero-order valence-corrected chi connectivity index (χ0v) is 15.3. The Hall–Kier alpha value is -2.32. The molecule has 0 bridgehead atoms. The molecule has 1 amide bonds. The van der Waals surface area contributed by atoms with Gasteiger partial charge in [-0.15, -0.1) is 0 Å². The first-order valence-corrected chi connectivity index (χ1v) is 8.27. The van der Waals surface area contributed by atoms with E-state index < -0.39 is 0 Å². The van der Waals surface area contributed by atoms with Gasteiger partial charge in [-0.25, -0.2) is 0 Å². The van der Waals surface area contributed by atoms with Gasteiger partial charge in [0.05, 0.1) is 19.3 Å². The number of amides is 1. The van der Waals surface area contributed by atoms with Gasteiger partial charge in [0, 0.05) is 10.2 Å². The predicted molar refractivity (Wildman–Crippen MR) is 103 cm³/mol. The molecule has 0 saturated heterocycles. The summed E-state index contributed by atoms with van der Waals surface area (Å²) >= 11 is 8.50. The molecule has 0 unspecified atom stereocenters. The summed E-state index contributed by atoms with van der Waals surface area (Å²) in [5.41, 5.74) is 6.72. The number of ether oxygens (including phenoxy) is 1. The summed E-state index contributed by atoms with van der Waals surface area (Å²) in [4.78, 5) is 11.9. The molecule has 0 aliphatic heterocycles. The van der Waals surface area contributed by atoms with E-state index in [9.17, 15) is 4.79 Å². The second kappa shape index (κ2) is 9.09. The minimum absolute atomic E-state index is 0.0763. The average Bonchev–Trinajstić information content (AvgIpc) is 2.58. The van der Waals surface area contributed by atoms with Crippen LogP contribution in [0.3, 0.4) is 0 Å². The zero-order chi connectivity index (χ0) is 17.4. The van der Waals surface area contributed by atoms with Crippen molar-refractivity contribution < 1.29 is 9.53 Å². The summed E-state index contributed by atoms with van der Waals surface area (Å²) in [5.74, 6) is 0.407. The van der Waals surface area contributed by atoms with Crippen molar-refractivity contribution in [3.63, 3.8) is 0 Å². The average molecular weight is 409 g/mol. The number of halogens is 1. The normalized spacial score (nSPS) is 9.75. The number of benzene rings is 2. The number of hydrogen-bond donors (Lipinski definition) is 4. The Morgan fingerprint density at radius 3 is 2.71 bits per heavy atom. The van der Waals surface area contributed by atoms with Crippen molar-refractivity contribution in [3.8, 4) is 5.75 Å². The van der Waals surface area contributed by atoms with Crippen LogP contribution < -0.4 is 26.2 Å². The van der Waals surface area contributed by atoms with Crippen molar-refractivity contribution in [1.29, 1.82) is 0 Å². The Morgan fingerprint density at radius 2 is 1.96 bits per heavy atom. The molecule has 0 aromatic heterocycles. The Kier molecular flexibility index (Phi) is 6.83. The Bertz CT molecular complexity index is 727. The first-order chi connectivity index (χ1) is 11.6. The standard InChI is InChI=1S/C16H17BrN4O2S/c1-23-14-8-3-2-7-13(14)18-10-15(22)20-21-16(24)19-12-6-4-5-11(17)9-12/h2-9,18H,10H2,1H3,(H,20,22)(H2,19,21,24). The fourth-order valence-corrected chi connectivity index (χ4v) is 2.43. The van der Waals surface area contributed by atoms with Gasteiger partial charge in [-0.2, -0.15) is 0 Å². The molecule has 0 spiro atoms. The molecule has 4 N–H and O–H groups in total. The number of thiocarbonyl (C=S) groups is 1. The molecule has 2 aromatic rings. The van der Waals surface area contributed by atoms with Crippen LogP contribution in [0.25, 0.3) is 0 Å². The third kappa shape index (κ3) is 5.71. The highest BCUT2D eigenvalue weighted by molar-refractivity contribution is 9.10. The highest BCUT2D eigenvalue weighted by Crippen LogP contribution is 2.22. The van der Waals surface area contributed by atoms with Gasteiger partial charge in [0.25, 0.3) is 5.91 Å². The number of carbonyl (C=O) groups excluding carboxylic acids is 1. The van der Waals surface area contributed by atoms with E-state index in [2.05, 4.69) is 37.4 Å². The molecule has 2 rings (SSSR count). The number of para-hydroxylation sites is 2. The Balaban J connectivity index is 1.75. The molecular formula is C16H17BrN4O2S. The van der Waals surface area contributed by atoms with Crippen LogP contribution in [-0.2, 0) is 4.79 Å². The Labute approximate surface area is 154 Å². The number of methoxy groups -OCH3 is 1. The Morgan fingerprint density at radius 1 is 1.17 bits per heavy atom. The smallest absolute Gasteiger partial charge is 0.257 e. The molecule has 8 heteroatoms. The van der Waals surface area contributed by atoms with Crippen LogP contribution in [0, 0.1) is 0 Å². The van der Waals surface area contributed by atoms with Gasteiger partial charge in [0.15, 0.2) is 5.11 Å². The lowest BCUT2D eigenvalue weighted by Crippen LogP contribution is -2.45. The first kappa shape index (κ1) is 18.0. The number of carbonyl (C=O) groups is 1. The van der Waals surface area contributed by atoms with Gasteiger partial charge in [-0.1, -0.05) is 34.1 Å². The van der Waals surface area contributed by atoms with E-state index in [0.717, 1.165) is 15.8 Å². The molecule has 0 fully saturated rings. The van der Waals surface area contributed by atoms with E-state index in [1.165, 1.54) is 0 Å². The van der Waals surface area contributed by atoms with Crippen molar-refractivity contribution in [2.75, 3.05) is 24.3 Å². The lowest BCUT2D eigenvalue weighted by atomic mass is 10.3. The van der Waals surface area contributed by atoms with Crippen molar-refractivity contribution in [2.45, 2.75) is 0 Å². The maximum atomic E-state index is 11.9. The molecule has 0 heterocycles. The zero-order valence-electron chi connectivity index (χ0n) is 12.9. The van der Waals surface area contributed by atoms with Gasteiger partial charge in [0.1, 0.15) is 5.75 Å². The number of nitrogens with one attached hydrogen (secondary N) is 4. The number of hydrogen-bond acceptors (Lipinski definition) is 4. The third-order valence-electron chi connectivity index (χ3n) is 2.94. The lowest BCUT2D eigenvalue weighted by Gasteiger charge is -2.13. The lowest BCUT2D eigenvalue weighted by molar-refractivity contribution is -0.119. The van der Waals surface area contributed by atoms with Gasteiger partial charge < -0.3 is 15.4 Å². The molecule has 6 nitrogen and oxygen atoms in total. The van der Waals surface area contributed by atoms with Crippen molar-refractivity contribution >= 4 is 50.5 Å². The fraction of sp³-hybridized carbons (Fsp3) is 0.125. The van der Waals surface area contributed by atoms with Crippen molar-refractivity contribution in [1.82, 2.24) is 10.9 Å². The number of rotatable bonds is 5. The molecule has 24 heavy (non-hydrogen) atoms. The molecule has 0 atom stereocenters. The van der Waals surface area contributed by atoms with E-state index in [1.54, 1.807) is 7.11 Å². The quantitative estimate of drug-likeness (QED) is 0.450. The second-order valence-corrected chi connectivity index (χ2v) is 6.02. The fourth-order valence-electron chi connectivity index (χ4n) is 1.87. The van der Waals surface area contributed by atoms with Crippen LogP contribution in [0.2, 0.25) is 0 Å². The minimum atomic E-state index is -0.265. The molecule has 0 radical (unpaired) electrons. The maximum Gasteiger partial charge on any atom is 0.257 e. The van der Waals surface area contributed by atoms with Crippen LogP contribution in [0.1, 0.15) is 0 Å². The van der Waals surface area contributed by atoms with Crippen LogP contribution in [-0.4, -0.2) is 24.7 Å². The number of hydrazine groups is 1. The summed E-state index contributed by atoms with van der Waals surface area (Å²) in [6.07, 6.45) is 0. The monoisotopic (exact) mass is 408 g/mol. The van der Waals surface area contributed by atoms with E-state index >= 15 is 0 Å². The van der Waals surface area contributed by atoms with Crippen LogP contribution in [0.15, 0.2) is 53.0 Å².